The molecule has 13 rings (SSSR count). The molecule has 0 saturated carbocycles. The van der Waals surface area contributed by atoms with Crippen LogP contribution in [0.4, 0.5) is 5.69 Å². The molecule has 0 fully saturated rings. The predicted octanol–water partition coefficient (Wildman–Crippen LogP) is 16.5. The van der Waals surface area contributed by atoms with E-state index in [1.54, 1.807) is 0 Å². The lowest BCUT2D eigenvalue weighted by molar-refractivity contribution is 1.06. The molecule has 7 nitrogen and oxygen atoms in total. The summed E-state index contributed by atoms with van der Waals surface area (Å²) in [6, 6.07) is 83.4. The van der Waals surface area contributed by atoms with Gasteiger partial charge < -0.3 is 9.13 Å². The zero-order chi connectivity index (χ0) is 48.1. The number of fused-ring (bicyclic) bond motifs is 6. The zero-order valence-corrected chi connectivity index (χ0v) is 38.6. The second-order valence-electron chi connectivity index (χ2n) is 17.8. The van der Waals surface area contributed by atoms with E-state index in [9.17, 15) is 5.26 Å². The van der Waals surface area contributed by atoms with E-state index in [0.29, 0.717) is 28.7 Å². The van der Waals surface area contributed by atoms with Crippen molar-refractivity contribution in [1.29, 1.82) is 5.26 Å². The Morgan fingerprint density at radius 2 is 0.833 bits per heavy atom. The molecule has 334 valence electrons. The minimum absolute atomic E-state index is 0.509. The Morgan fingerprint density at radius 3 is 1.49 bits per heavy atom. The number of hydrogen-bond acceptors (Lipinski definition) is 4. The quantitative estimate of drug-likeness (QED) is 0.142. The molecule has 10 aromatic carbocycles. The van der Waals surface area contributed by atoms with Crippen molar-refractivity contribution in [1.82, 2.24) is 24.1 Å². The molecule has 0 aliphatic rings. The van der Waals surface area contributed by atoms with Crippen molar-refractivity contribution in [3.8, 4) is 85.0 Å². The normalized spacial score (nSPS) is 11.3. The summed E-state index contributed by atoms with van der Waals surface area (Å²) >= 11 is 0. The van der Waals surface area contributed by atoms with E-state index >= 15 is 0 Å². The van der Waals surface area contributed by atoms with Crippen molar-refractivity contribution in [3.05, 3.63) is 254 Å². The molecule has 0 atom stereocenters. The van der Waals surface area contributed by atoms with Gasteiger partial charge in [-0.2, -0.15) is 5.26 Å². The van der Waals surface area contributed by atoms with Crippen LogP contribution in [-0.2, 0) is 0 Å². The van der Waals surface area contributed by atoms with E-state index in [-0.39, 0.29) is 0 Å². The van der Waals surface area contributed by atoms with E-state index in [4.69, 9.17) is 21.5 Å². The summed E-state index contributed by atoms with van der Waals surface area (Å²) in [5.41, 5.74) is 15.3. The average molecular weight is 918 g/mol. The SMILES string of the molecule is [C-]#[N+]c1ccccc1-c1ccc2c3ccc(-c4ccccc4C#N)cc3n(-c3ccc(-c4ccc5c6ccccc6n(-c6ccccc6)c5c4)cc3-c3nc(-c4ccccc4)nc(-c4ccccc4)n3)c2c1. The first-order valence-corrected chi connectivity index (χ1v) is 23.8. The number of benzene rings is 10. The predicted molar refractivity (Wildman–Crippen MR) is 292 cm³/mol. The zero-order valence-electron chi connectivity index (χ0n) is 38.6. The second-order valence-corrected chi connectivity index (χ2v) is 17.8. The number of nitrogens with zero attached hydrogens (tertiary/aromatic N) is 7. The van der Waals surface area contributed by atoms with Gasteiger partial charge in [0.1, 0.15) is 0 Å². The van der Waals surface area contributed by atoms with Crippen molar-refractivity contribution in [3.63, 3.8) is 0 Å². The number of hydrogen-bond donors (Lipinski definition) is 0. The number of para-hydroxylation sites is 3. The molecule has 0 N–H and O–H groups in total. The molecule has 0 amide bonds. The van der Waals surface area contributed by atoms with Crippen LogP contribution in [0, 0.1) is 17.9 Å². The topological polar surface area (TPSA) is 76.7 Å². The molecular weight excluding hydrogens is 879 g/mol. The van der Waals surface area contributed by atoms with Gasteiger partial charge >= 0.3 is 0 Å². The van der Waals surface area contributed by atoms with Crippen LogP contribution in [0.25, 0.3) is 127 Å². The van der Waals surface area contributed by atoms with Crippen molar-refractivity contribution in [2.45, 2.75) is 0 Å². The van der Waals surface area contributed by atoms with E-state index < -0.39 is 0 Å². The van der Waals surface area contributed by atoms with E-state index in [2.05, 4.69) is 147 Å². The number of nitriles is 1. The summed E-state index contributed by atoms with van der Waals surface area (Å²) in [6.45, 7) is 8.08. The number of rotatable bonds is 8. The summed E-state index contributed by atoms with van der Waals surface area (Å²) in [6.07, 6.45) is 0. The molecule has 0 bridgehead atoms. The molecule has 0 radical (unpaired) electrons. The second kappa shape index (κ2) is 17.4. The van der Waals surface area contributed by atoms with Crippen molar-refractivity contribution in [2.75, 3.05) is 0 Å². The Balaban J connectivity index is 1.13. The lowest BCUT2D eigenvalue weighted by Crippen LogP contribution is -2.04. The maximum absolute atomic E-state index is 10.3. The summed E-state index contributed by atoms with van der Waals surface area (Å²) in [4.78, 5) is 19.8. The van der Waals surface area contributed by atoms with Gasteiger partial charge in [-0.3, -0.25) is 0 Å². The summed E-state index contributed by atoms with van der Waals surface area (Å²) in [5.74, 6) is 1.62. The van der Waals surface area contributed by atoms with Crippen LogP contribution in [0.3, 0.4) is 0 Å². The van der Waals surface area contributed by atoms with Crippen LogP contribution < -0.4 is 0 Å². The molecule has 0 aliphatic heterocycles. The molecule has 3 aromatic heterocycles. The molecule has 7 heteroatoms. The van der Waals surface area contributed by atoms with Gasteiger partial charge in [-0.15, -0.1) is 0 Å². The van der Waals surface area contributed by atoms with Crippen molar-refractivity contribution >= 4 is 49.3 Å². The Labute approximate surface area is 415 Å². The Kier molecular flexibility index (Phi) is 10.1. The fourth-order valence-corrected chi connectivity index (χ4v) is 10.3. The first-order valence-electron chi connectivity index (χ1n) is 23.8. The first kappa shape index (κ1) is 41.9. The molecule has 0 unspecified atom stereocenters. The Morgan fingerprint density at radius 1 is 0.361 bits per heavy atom. The van der Waals surface area contributed by atoms with Gasteiger partial charge in [-0.05, 0) is 88.0 Å². The van der Waals surface area contributed by atoms with Gasteiger partial charge in [0.05, 0.1) is 46.0 Å². The minimum atomic E-state index is 0.509. The van der Waals surface area contributed by atoms with Crippen LogP contribution in [-0.4, -0.2) is 24.1 Å². The third-order valence-corrected chi connectivity index (χ3v) is 13.7. The van der Waals surface area contributed by atoms with Crippen LogP contribution in [0.15, 0.2) is 237 Å². The first-order chi connectivity index (χ1) is 35.6. The van der Waals surface area contributed by atoms with Crippen LogP contribution in [0.1, 0.15) is 5.56 Å². The standard InChI is InChI=1S/C65H39N7/c1-67-57-27-15-13-25-51(57)47-31-35-55-54-34-30-46(50-24-12-11-21-48(50)41-66)39-61(54)72(62(55)40-47)59-36-32-44(45-29-33-53-52-26-14-16-28-58(52)71(60(53)38-45)49-22-9-4-10-23-49)37-56(59)65-69-63(42-17-5-2-6-18-42)68-64(70-65)43-19-7-3-8-20-43/h2-40H. The molecule has 13 aromatic rings. The molecule has 3 heterocycles. The van der Waals surface area contributed by atoms with E-state index in [1.165, 1.54) is 10.8 Å². The van der Waals surface area contributed by atoms with Gasteiger partial charge in [0.15, 0.2) is 23.2 Å². The average Bonchev–Trinajstić information content (AvgIpc) is 3.97. The monoisotopic (exact) mass is 917 g/mol. The van der Waals surface area contributed by atoms with Crippen molar-refractivity contribution in [2.24, 2.45) is 0 Å². The third kappa shape index (κ3) is 7.08. The smallest absolute Gasteiger partial charge is 0.194 e. The highest BCUT2D eigenvalue weighted by Gasteiger charge is 2.23. The van der Waals surface area contributed by atoms with Crippen molar-refractivity contribution < 1.29 is 0 Å². The van der Waals surface area contributed by atoms with Gasteiger partial charge in [0.25, 0.3) is 0 Å². The van der Waals surface area contributed by atoms with Gasteiger partial charge in [-0.25, -0.2) is 19.8 Å². The molecular formula is C65H39N7. The highest BCUT2D eigenvalue weighted by Crippen LogP contribution is 2.43. The highest BCUT2D eigenvalue weighted by molar-refractivity contribution is 6.13. The van der Waals surface area contributed by atoms with Gasteiger partial charge in [0.2, 0.25) is 0 Å². The lowest BCUT2D eigenvalue weighted by Gasteiger charge is -2.17. The highest BCUT2D eigenvalue weighted by atomic mass is 15.1. The summed E-state index contributed by atoms with van der Waals surface area (Å²) in [5, 5.41) is 14.7. The van der Waals surface area contributed by atoms with Crippen LogP contribution in [0.2, 0.25) is 0 Å². The van der Waals surface area contributed by atoms with Gasteiger partial charge in [-0.1, -0.05) is 182 Å². The maximum atomic E-state index is 10.3. The van der Waals surface area contributed by atoms with Crippen LogP contribution >= 0.6 is 0 Å². The lowest BCUT2D eigenvalue weighted by atomic mass is 9.98. The third-order valence-electron chi connectivity index (χ3n) is 13.7. The Bertz CT molecular complexity index is 4180. The number of aromatic nitrogens is 5. The molecule has 72 heavy (non-hydrogen) atoms. The largest absolute Gasteiger partial charge is 0.309 e. The molecule has 0 aliphatic carbocycles. The summed E-state index contributed by atoms with van der Waals surface area (Å²) < 4.78 is 4.65. The molecule has 0 spiro atoms. The molecule has 0 saturated heterocycles. The van der Waals surface area contributed by atoms with E-state index in [0.717, 1.165) is 94.3 Å². The van der Waals surface area contributed by atoms with Gasteiger partial charge in [0, 0.05) is 43.9 Å². The van der Waals surface area contributed by atoms with Crippen LogP contribution in [0.5, 0.6) is 0 Å². The van der Waals surface area contributed by atoms with E-state index in [1.807, 2.05) is 109 Å². The summed E-state index contributed by atoms with van der Waals surface area (Å²) in [7, 11) is 0. The minimum Gasteiger partial charge on any atom is -0.309 e. The maximum Gasteiger partial charge on any atom is 0.194 e. The fraction of sp³-hybridized carbons (Fsp3) is 0. The Hall–Kier alpha value is -10.2. The fourth-order valence-electron chi connectivity index (χ4n) is 10.3.